The number of aromatic nitrogens is 1. The van der Waals surface area contributed by atoms with Crippen LogP contribution in [0.5, 0.6) is 0 Å². The van der Waals surface area contributed by atoms with Crippen LogP contribution in [0.2, 0.25) is 0 Å². The summed E-state index contributed by atoms with van der Waals surface area (Å²) < 4.78 is 2.17. The first kappa shape index (κ1) is 8.82. The van der Waals surface area contributed by atoms with E-state index in [1.165, 1.54) is 31.5 Å². The van der Waals surface area contributed by atoms with Crippen molar-refractivity contribution in [2.24, 2.45) is 7.05 Å². The van der Waals surface area contributed by atoms with E-state index in [-0.39, 0.29) is 0 Å². The lowest BCUT2D eigenvalue weighted by atomic mass is 9.90. The third kappa shape index (κ3) is 1.78. The van der Waals surface area contributed by atoms with Crippen molar-refractivity contribution in [2.75, 3.05) is 13.1 Å². The van der Waals surface area contributed by atoms with E-state index >= 15 is 0 Å². The van der Waals surface area contributed by atoms with Gasteiger partial charge in [0.15, 0.2) is 0 Å². The zero-order valence-corrected chi connectivity index (χ0v) is 8.51. The minimum absolute atomic E-state index is 0.794. The summed E-state index contributed by atoms with van der Waals surface area (Å²) in [6, 6.07) is 0. The molecule has 0 unspecified atom stereocenters. The molecule has 1 fully saturated rings. The van der Waals surface area contributed by atoms with E-state index in [0.717, 1.165) is 5.92 Å². The van der Waals surface area contributed by atoms with E-state index < -0.39 is 0 Å². The van der Waals surface area contributed by atoms with Crippen LogP contribution in [-0.2, 0) is 7.05 Å². The molecule has 0 atom stereocenters. The number of hydrogen-bond donors (Lipinski definition) is 1. The summed E-state index contributed by atoms with van der Waals surface area (Å²) in [6.07, 6.45) is 7.10. The minimum Gasteiger partial charge on any atom is -0.357 e. The quantitative estimate of drug-likeness (QED) is 0.694. The molecule has 0 aromatic carbocycles. The lowest BCUT2D eigenvalue weighted by molar-refractivity contribution is 0.459. The lowest BCUT2D eigenvalue weighted by Gasteiger charge is -2.22. The molecule has 1 aromatic rings. The zero-order chi connectivity index (χ0) is 9.26. The summed E-state index contributed by atoms with van der Waals surface area (Å²) in [6.45, 7) is 4.58. The highest BCUT2D eigenvalue weighted by Crippen LogP contribution is 2.27. The molecular formula is C11H18N2. The van der Waals surface area contributed by atoms with Gasteiger partial charge in [-0.1, -0.05) is 0 Å². The molecular weight excluding hydrogens is 160 g/mol. The van der Waals surface area contributed by atoms with Crippen molar-refractivity contribution in [3.05, 3.63) is 23.5 Å². The Hall–Kier alpha value is -0.760. The van der Waals surface area contributed by atoms with Crippen LogP contribution in [0.15, 0.2) is 12.4 Å². The molecule has 0 amide bonds. The predicted octanol–water partition coefficient (Wildman–Crippen LogP) is 1.80. The predicted molar refractivity (Wildman–Crippen MR) is 55.0 cm³/mol. The topological polar surface area (TPSA) is 17.0 Å². The standard InChI is InChI=1S/C11H18N2/c1-9-7-13(2)8-11(9)10-3-5-12-6-4-10/h7-8,10,12H,3-6H2,1-2H3. The van der Waals surface area contributed by atoms with Crippen LogP contribution in [0.1, 0.15) is 29.9 Å². The maximum atomic E-state index is 3.40. The van der Waals surface area contributed by atoms with E-state index in [2.05, 4.69) is 36.2 Å². The van der Waals surface area contributed by atoms with Crippen molar-refractivity contribution in [1.82, 2.24) is 9.88 Å². The van der Waals surface area contributed by atoms with Crippen molar-refractivity contribution in [1.29, 1.82) is 0 Å². The Morgan fingerprint density at radius 1 is 1.31 bits per heavy atom. The fourth-order valence-corrected chi connectivity index (χ4v) is 2.30. The molecule has 2 nitrogen and oxygen atoms in total. The fourth-order valence-electron chi connectivity index (χ4n) is 2.30. The Balaban J connectivity index is 2.18. The number of aryl methyl sites for hydroxylation is 2. The normalized spacial score (nSPS) is 19.2. The van der Waals surface area contributed by atoms with Crippen molar-refractivity contribution in [3.63, 3.8) is 0 Å². The lowest BCUT2D eigenvalue weighted by Crippen LogP contribution is -2.26. The Bertz CT molecular complexity index is 282. The van der Waals surface area contributed by atoms with Crippen LogP contribution in [-0.4, -0.2) is 17.7 Å². The Morgan fingerprint density at radius 2 is 2.00 bits per heavy atom. The monoisotopic (exact) mass is 178 g/mol. The fraction of sp³-hybridized carbons (Fsp3) is 0.636. The maximum absolute atomic E-state index is 3.40. The van der Waals surface area contributed by atoms with Gasteiger partial charge in [-0.15, -0.1) is 0 Å². The average Bonchev–Trinajstić information content (AvgIpc) is 2.47. The first-order valence-electron chi connectivity index (χ1n) is 5.10. The first-order valence-corrected chi connectivity index (χ1v) is 5.10. The Labute approximate surface area is 79.9 Å². The highest BCUT2D eigenvalue weighted by Gasteiger charge is 2.17. The average molecular weight is 178 g/mol. The molecule has 1 N–H and O–H groups in total. The molecule has 13 heavy (non-hydrogen) atoms. The summed E-state index contributed by atoms with van der Waals surface area (Å²) in [5.41, 5.74) is 3.01. The smallest absolute Gasteiger partial charge is 0.0106 e. The molecule has 0 spiro atoms. The van der Waals surface area contributed by atoms with E-state index in [0.29, 0.717) is 0 Å². The van der Waals surface area contributed by atoms with Gasteiger partial charge in [-0.05, 0) is 49.9 Å². The molecule has 0 radical (unpaired) electrons. The van der Waals surface area contributed by atoms with Crippen LogP contribution in [0.4, 0.5) is 0 Å². The Kier molecular flexibility index (Phi) is 2.40. The summed E-state index contributed by atoms with van der Waals surface area (Å²) in [7, 11) is 2.11. The summed E-state index contributed by atoms with van der Waals surface area (Å²) in [4.78, 5) is 0. The number of piperidine rings is 1. The van der Waals surface area contributed by atoms with Gasteiger partial charge in [0.1, 0.15) is 0 Å². The molecule has 1 aromatic heterocycles. The summed E-state index contributed by atoms with van der Waals surface area (Å²) >= 11 is 0. The van der Waals surface area contributed by atoms with Crippen molar-refractivity contribution in [2.45, 2.75) is 25.7 Å². The van der Waals surface area contributed by atoms with Gasteiger partial charge in [0.25, 0.3) is 0 Å². The third-order valence-corrected chi connectivity index (χ3v) is 2.97. The molecule has 0 saturated carbocycles. The zero-order valence-electron chi connectivity index (χ0n) is 8.51. The molecule has 2 rings (SSSR count). The van der Waals surface area contributed by atoms with Crippen LogP contribution in [0.3, 0.4) is 0 Å². The number of nitrogens with zero attached hydrogens (tertiary/aromatic N) is 1. The van der Waals surface area contributed by atoms with Crippen LogP contribution in [0, 0.1) is 6.92 Å². The van der Waals surface area contributed by atoms with Crippen molar-refractivity contribution in [3.8, 4) is 0 Å². The second kappa shape index (κ2) is 3.54. The van der Waals surface area contributed by atoms with Gasteiger partial charge < -0.3 is 9.88 Å². The van der Waals surface area contributed by atoms with Gasteiger partial charge in [-0.25, -0.2) is 0 Å². The second-order valence-corrected chi connectivity index (χ2v) is 4.09. The molecule has 2 heteroatoms. The van der Waals surface area contributed by atoms with E-state index in [1.54, 1.807) is 5.56 Å². The first-order chi connectivity index (χ1) is 6.27. The molecule has 1 aliphatic rings. The summed E-state index contributed by atoms with van der Waals surface area (Å²) in [5.74, 6) is 0.794. The van der Waals surface area contributed by atoms with Crippen molar-refractivity contribution < 1.29 is 0 Å². The second-order valence-electron chi connectivity index (χ2n) is 4.09. The largest absolute Gasteiger partial charge is 0.357 e. The molecule has 0 bridgehead atoms. The van der Waals surface area contributed by atoms with Gasteiger partial charge in [0, 0.05) is 19.4 Å². The molecule has 1 aliphatic heterocycles. The van der Waals surface area contributed by atoms with Gasteiger partial charge in [0.05, 0.1) is 0 Å². The van der Waals surface area contributed by atoms with Gasteiger partial charge in [-0.3, -0.25) is 0 Å². The van der Waals surface area contributed by atoms with Gasteiger partial charge in [-0.2, -0.15) is 0 Å². The highest BCUT2D eigenvalue weighted by molar-refractivity contribution is 5.27. The molecule has 2 heterocycles. The Morgan fingerprint density at radius 3 is 2.54 bits per heavy atom. The highest BCUT2D eigenvalue weighted by atomic mass is 14.9. The van der Waals surface area contributed by atoms with E-state index in [4.69, 9.17) is 0 Å². The number of hydrogen-bond acceptors (Lipinski definition) is 1. The molecule has 0 aliphatic carbocycles. The van der Waals surface area contributed by atoms with Crippen LogP contribution < -0.4 is 5.32 Å². The molecule has 72 valence electrons. The minimum atomic E-state index is 0.794. The van der Waals surface area contributed by atoms with Gasteiger partial charge >= 0.3 is 0 Å². The van der Waals surface area contributed by atoms with Crippen LogP contribution in [0.25, 0.3) is 0 Å². The number of nitrogens with one attached hydrogen (secondary N) is 1. The van der Waals surface area contributed by atoms with Crippen LogP contribution >= 0.6 is 0 Å². The maximum Gasteiger partial charge on any atom is 0.0106 e. The van der Waals surface area contributed by atoms with E-state index in [9.17, 15) is 0 Å². The third-order valence-electron chi connectivity index (χ3n) is 2.97. The number of rotatable bonds is 1. The van der Waals surface area contributed by atoms with Crippen molar-refractivity contribution >= 4 is 0 Å². The molecule has 1 saturated heterocycles. The SMILES string of the molecule is Cc1cn(C)cc1C1CCNCC1. The van der Waals surface area contributed by atoms with E-state index in [1.807, 2.05) is 0 Å². The van der Waals surface area contributed by atoms with Gasteiger partial charge in [0.2, 0.25) is 0 Å². The summed E-state index contributed by atoms with van der Waals surface area (Å²) in [5, 5.41) is 3.40.